The van der Waals surface area contributed by atoms with Crippen molar-refractivity contribution in [1.82, 2.24) is 4.90 Å². The molecule has 4 unspecified atom stereocenters. The van der Waals surface area contributed by atoms with Gasteiger partial charge in [-0.3, -0.25) is 19.3 Å². The van der Waals surface area contributed by atoms with Gasteiger partial charge in [0.05, 0.1) is 33.6 Å². The average molecular weight is 429 g/mol. The Morgan fingerprint density at radius 2 is 1.66 bits per heavy atom. The van der Waals surface area contributed by atoms with Crippen LogP contribution in [-0.2, 0) is 9.59 Å². The number of rotatable bonds is 3. The van der Waals surface area contributed by atoms with Crippen molar-refractivity contribution in [3.8, 4) is 0 Å². The molecule has 29 heavy (non-hydrogen) atoms. The highest BCUT2D eigenvalue weighted by Gasteiger charge is 2.64. The molecule has 2 amide bonds. The second-order valence-corrected chi connectivity index (χ2v) is 8.54. The van der Waals surface area contributed by atoms with Crippen molar-refractivity contribution in [2.75, 3.05) is 11.4 Å². The zero-order valence-electron chi connectivity index (χ0n) is 15.4. The van der Waals surface area contributed by atoms with Gasteiger partial charge in [0.15, 0.2) is 5.78 Å². The van der Waals surface area contributed by atoms with Crippen LogP contribution in [0.2, 0.25) is 10.0 Å². The number of fused-ring (bicyclic) bond motifs is 3. The minimum Gasteiger partial charge on any atom is -0.292 e. The van der Waals surface area contributed by atoms with E-state index >= 15 is 0 Å². The van der Waals surface area contributed by atoms with Crippen molar-refractivity contribution in [1.29, 1.82) is 0 Å². The summed E-state index contributed by atoms with van der Waals surface area (Å²) in [5.74, 6) is -1.99. The molecule has 3 aliphatic rings. The van der Waals surface area contributed by atoms with Gasteiger partial charge in [-0.1, -0.05) is 59.6 Å². The third-order valence-electron chi connectivity index (χ3n) is 6.35. The van der Waals surface area contributed by atoms with Crippen LogP contribution in [-0.4, -0.2) is 41.1 Å². The monoisotopic (exact) mass is 428 g/mol. The number of halogens is 2. The fourth-order valence-electron chi connectivity index (χ4n) is 5.19. The van der Waals surface area contributed by atoms with Crippen molar-refractivity contribution in [3.63, 3.8) is 0 Å². The zero-order valence-corrected chi connectivity index (χ0v) is 16.9. The van der Waals surface area contributed by atoms with Crippen molar-refractivity contribution >= 4 is 46.5 Å². The van der Waals surface area contributed by atoms with Gasteiger partial charge in [0, 0.05) is 11.6 Å². The predicted octanol–water partition coefficient (Wildman–Crippen LogP) is 3.83. The quantitative estimate of drug-likeness (QED) is 0.550. The Bertz CT molecular complexity index is 1030. The largest absolute Gasteiger partial charge is 0.292 e. The van der Waals surface area contributed by atoms with Gasteiger partial charge in [-0.05, 0) is 31.5 Å². The standard InChI is InChI=1S/C22H18Cl2N2O3/c23-13-8-4-9-15(18(13)24)26-21(28)16-14-10-5-11-25(14)19(17(16)22(26)29)20(27)12-6-2-1-3-7-12/h1-4,6-9,14,16-17,19H,5,10-11H2. The minimum absolute atomic E-state index is 0.0999. The average Bonchev–Trinajstić information content (AvgIpc) is 3.37. The first kappa shape index (κ1) is 18.8. The Kier molecular flexibility index (Phi) is 4.50. The lowest BCUT2D eigenvalue weighted by molar-refractivity contribution is -0.123. The van der Waals surface area contributed by atoms with Gasteiger partial charge in [-0.2, -0.15) is 0 Å². The highest BCUT2D eigenvalue weighted by atomic mass is 35.5. The maximum Gasteiger partial charge on any atom is 0.239 e. The van der Waals surface area contributed by atoms with E-state index in [1.165, 1.54) is 0 Å². The summed E-state index contributed by atoms with van der Waals surface area (Å²) < 4.78 is 0. The summed E-state index contributed by atoms with van der Waals surface area (Å²) in [6.45, 7) is 0.722. The van der Waals surface area contributed by atoms with E-state index in [-0.39, 0.29) is 33.7 Å². The molecule has 0 bridgehead atoms. The molecule has 2 aromatic rings. The SMILES string of the molecule is O=C(c1ccccc1)C1C2C(=O)N(c3cccc(Cl)c3Cl)C(=O)C2C2CCCN21. The van der Waals surface area contributed by atoms with E-state index in [4.69, 9.17) is 23.2 Å². The molecule has 0 aromatic heterocycles. The van der Waals surface area contributed by atoms with Crippen LogP contribution in [0.4, 0.5) is 5.69 Å². The summed E-state index contributed by atoms with van der Waals surface area (Å²) in [7, 11) is 0. The van der Waals surface area contributed by atoms with Crippen molar-refractivity contribution in [2.24, 2.45) is 11.8 Å². The molecule has 3 aliphatic heterocycles. The number of hydrogen-bond acceptors (Lipinski definition) is 4. The molecular formula is C22H18Cl2N2O3. The molecule has 0 radical (unpaired) electrons. The molecule has 0 N–H and O–H groups in total. The Labute approximate surface area is 178 Å². The summed E-state index contributed by atoms with van der Waals surface area (Å²) in [6, 6.07) is 13.1. The number of imide groups is 1. The van der Waals surface area contributed by atoms with Crippen LogP contribution in [0, 0.1) is 11.8 Å². The van der Waals surface area contributed by atoms with E-state index in [2.05, 4.69) is 4.90 Å². The second-order valence-electron chi connectivity index (χ2n) is 7.76. The minimum atomic E-state index is -0.699. The summed E-state index contributed by atoms with van der Waals surface area (Å²) in [5.41, 5.74) is 0.849. The zero-order chi connectivity index (χ0) is 20.3. The number of benzene rings is 2. The fourth-order valence-corrected chi connectivity index (χ4v) is 5.57. The number of ketones is 1. The molecule has 3 saturated heterocycles. The second kappa shape index (κ2) is 6.94. The number of nitrogens with zero attached hydrogens (tertiary/aromatic N) is 2. The predicted molar refractivity (Wildman–Crippen MR) is 110 cm³/mol. The topological polar surface area (TPSA) is 57.7 Å². The highest BCUT2D eigenvalue weighted by Crippen LogP contribution is 2.49. The number of hydrogen-bond donors (Lipinski definition) is 0. The van der Waals surface area contributed by atoms with Gasteiger partial charge >= 0.3 is 0 Å². The van der Waals surface area contributed by atoms with Crippen LogP contribution in [0.15, 0.2) is 48.5 Å². The van der Waals surface area contributed by atoms with E-state index in [1.807, 2.05) is 6.07 Å². The Morgan fingerprint density at radius 1 is 0.931 bits per heavy atom. The molecule has 3 heterocycles. The van der Waals surface area contributed by atoms with Crippen LogP contribution in [0.1, 0.15) is 23.2 Å². The smallest absolute Gasteiger partial charge is 0.239 e. The van der Waals surface area contributed by atoms with E-state index in [9.17, 15) is 14.4 Å². The molecule has 0 aliphatic carbocycles. The number of carbonyl (C=O) groups excluding carboxylic acids is 3. The third kappa shape index (κ3) is 2.68. The van der Waals surface area contributed by atoms with Gasteiger partial charge < -0.3 is 0 Å². The van der Waals surface area contributed by atoms with Gasteiger partial charge in [0.1, 0.15) is 0 Å². The van der Waals surface area contributed by atoms with Gasteiger partial charge in [0.25, 0.3) is 0 Å². The molecule has 3 fully saturated rings. The third-order valence-corrected chi connectivity index (χ3v) is 7.16. The molecule has 2 aromatic carbocycles. The molecule has 5 rings (SSSR count). The van der Waals surface area contributed by atoms with Crippen LogP contribution < -0.4 is 4.90 Å². The Balaban J connectivity index is 1.58. The molecule has 0 saturated carbocycles. The van der Waals surface area contributed by atoms with Crippen molar-refractivity contribution in [2.45, 2.75) is 24.9 Å². The van der Waals surface area contributed by atoms with Crippen molar-refractivity contribution < 1.29 is 14.4 Å². The molecular weight excluding hydrogens is 411 g/mol. The Hall–Kier alpha value is -2.21. The normalized spacial score (nSPS) is 28.7. The fraction of sp³-hybridized carbons (Fsp3) is 0.318. The maximum absolute atomic E-state index is 13.5. The van der Waals surface area contributed by atoms with E-state index < -0.39 is 17.9 Å². The van der Waals surface area contributed by atoms with Crippen LogP contribution >= 0.6 is 23.2 Å². The van der Waals surface area contributed by atoms with Gasteiger partial charge in [-0.25, -0.2) is 4.90 Å². The van der Waals surface area contributed by atoms with Crippen LogP contribution in [0.25, 0.3) is 0 Å². The Morgan fingerprint density at radius 3 is 2.41 bits per heavy atom. The lowest BCUT2D eigenvalue weighted by Crippen LogP contribution is -2.46. The number of amides is 2. The lowest BCUT2D eigenvalue weighted by atomic mass is 9.85. The van der Waals surface area contributed by atoms with Gasteiger partial charge in [0.2, 0.25) is 11.8 Å². The van der Waals surface area contributed by atoms with Crippen LogP contribution in [0.5, 0.6) is 0 Å². The van der Waals surface area contributed by atoms with E-state index in [1.54, 1.807) is 42.5 Å². The van der Waals surface area contributed by atoms with E-state index in [0.717, 1.165) is 24.3 Å². The maximum atomic E-state index is 13.5. The summed E-state index contributed by atoms with van der Waals surface area (Å²) >= 11 is 12.4. The van der Waals surface area contributed by atoms with Crippen LogP contribution in [0.3, 0.4) is 0 Å². The first-order chi connectivity index (χ1) is 14.0. The summed E-state index contributed by atoms with van der Waals surface area (Å²) in [4.78, 5) is 43.4. The van der Waals surface area contributed by atoms with Crippen molar-refractivity contribution in [3.05, 3.63) is 64.1 Å². The lowest BCUT2D eigenvalue weighted by Gasteiger charge is -2.27. The number of Topliss-reactive ketones (excluding diaryl/α,β-unsaturated/α-hetero) is 1. The summed E-state index contributed by atoms with van der Waals surface area (Å²) in [5, 5.41) is 0.450. The molecule has 5 nitrogen and oxygen atoms in total. The molecule has 148 valence electrons. The molecule has 0 spiro atoms. The first-order valence-electron chi connectivity index (χ1n) is 9.67. The molecule has 4 atom stereocenters. The highest BCUT2D eigenvalue weighted by molar-refractivity contribution is 6.45. The number of carbonyl (C=O) groups is 3. The summed E-state index contributed by atoms with van der Waals surface area (Å²) in [6.07, 6.45) is 1.71. The first-order valence-corrected chi connectivity index (χ1v) is 10.4. The number of anilines is 1. The molecule has 7 heteroatoms. The van der Waals surface area contributed by atoms with E-state index in [0.29, 0.717) is 11.3 Å². The van der Waals surface area contributed by atoms with Gasteiger partial charge in [-0.15, -0.1) is 0 Å².